The zero-order valence-corrected chi connectivity index (χ0v) is 12.2. The predicted octanol–water partition coefficient (Wildman–Crippen LogP) is 3.91. The van der Waals surface area contributed by atoms with Gasteiger partial charge in [-0.3, -0.25) is 4.79 Å². The van der Waals surface area contributed by atoms with Crippen molar-refractivity contribution in [3.8, 4) is 5.75 Å². The van der Waals surface area contributed by atoms with E-state index in [1.165, 1.54) is 0 Å². The van der Waals surface area contributed by atoms with Crippen molar-refractivity contribution in [3.63, 3.8) is 0 Å². The molecule has 3 heteroatoms. The Bertz CT molecular complexity index is 604. The fourth-order valence-electron chi connectivity index (χ4n) is 2.26. The predicted molar refractivity (Wildman–Crippen MR) is 80.2 cm³/mol. The fourth-order valence-corrected chi connectivity index (χ4v) is 2.26. The van der Waals surface area contributed by atoms with Crippen LogP contribution in [-0.4, -0.2) is 19.7 Å². The van der Waals surface area contributed by atoms with Crippen LogP contribution in [0.4, 0.5) is 0 Å². The van der Waals surface area contributed by atoms with E-state index in [-0.39, 0.29) is 11.9 Å². The summed E-state index contributed by atoms with van der Waals surface area (Å²) in [5.41, 5.74) is 1.15. The van der Waals surface area contributed by atoms with E-state index in [0.717, 1.165) is 22.1 Å². The zero-order valence-electron chi connectivity index (χ0n) is 12.2. The molecule has 3 nitrogen and oxygen atoms in total. The quantitative estimate of drug-likeness (QED) is 0.774. The second kappa shape index (κ2) is 6.42. The number of hydrogen-bond acceptors (Lipinski definition) is 3. The molecule has 20 heavy (non-hydrogen) atoms. The Balaban J connectivity index is 2.20. The molecule has 2 aromatic rings. The van der Waals surface area contributed by atoms with Gasteiger partial charge in [0.15, 0.2) is 0 Å². The number of fused-ring (bicyclic) bond motifs is 1. The lowest BCUT2D eigenvalue weighted by atomic mass is 9.95. The summed E-state index contributed by atoms with van der Waals surface area (Å²) in [6, 6.07) is 12.2. The molecule has 0 bridgehead atoms. The highest BCUT2D eigenvalue weighted by molar-refractivity contribution is 5.84. The highest BCUT2D eigenvalue weighted by Gasteiger charge is 2.12. The smallest absolute Gasteiger partial charge is 0.306 e. The van der Waals surface area contributed by atoms with Crippen molar-refractivity contribution >= 4 is 16.7 Å². The molecular formula is C17H20O3. The van der Waals surface area contributed by atoms with Crippen LogP contribution in [0.1, 0.15) is 31.7 Å². The molecule has 0 aromatic heterocycles. The number of carbonyl (C=O) groups excluding carboxylic acids is 1. The Morgan fingerprint density at radius 2 is 1.85 bits per heavy atom. The number of esters is 1. The second-order valence-electron chi connectivity index (χ2n) is 4.88. The van der Waals surface area contributed by atoms with Gasteiger partial charge in [0.1, 0.15) is 5.75 Å². The van der Waals surface area contributed by atoms with Crippen LogP contribution in [-0.2, 0) is 9.53 Å². The average Bonchev–Trinajstić information content (AvgIpc) is 2.46. The van der Waals surface area contributed by atoms with E-state index in [2.05, 4.69) is 18.2 Å². The highest BCUT2D eigenvalue weighted by Crippen LogP contribution is 2.26. The molecule has 0 unspecified atom stereocenters. The van der Waals surface area contributed by atoms with Crippen LogP contribution in [0.15, 0.2) is 36.4 Å². The third kappa shape index (κ3) is 3.29. The molecule has 0 aliphatic carbocycles. The van der Waals surface area contributed by atoms with Gasteiger partial charge in [-0.2, -0.15) is 0 Å². The molecule has 0 saturated carbocycles. The highest BCUT2D eigenvalue weighted by atomic mass is 16.5. The molecule has 0 radical (unpaired) electrons. The molecule has 0 N–H and O–H groups in total. The van der Waals surface area contributed by atoms with Crippen LogP contribution >= 0.6 is 0 Å². The number of rotatable bonds is 5. The summed E-state index contributed by atoms with van der Waals surface area (Å²) in [6.45, 7) is 4.30. The first kappa shape index (κ1) is 14.4. The maximum absolute atomic E-state index is 11.5. The van der Waals surface area contributed by atoms with Crippen LogP contribution in [0.5, 0.6) is 5.75 Å². The second-order valence-corrected chi connectivity index (χ2v) is 4.88. The van der Waals surface area contributed by atoms with E-state index in [0.29, 0.717) is 13.0 Å². The van der Waals surface area contributed by atoms with Gasteiger partial charge in [-0.05, 0) is 41.3 Å². The molecule has 2 aromatic carbocycles. The first-order valence-corrected chi connectivity index (χ1v) is 6.87. The molecule has 0 aliphatic heterocycles. The maximum Gasteiger partial charge on any atom is 0.306 e. The lowest BCUT2D eigenvalue weighted by molar-refractivity contribution is -0.143. The Morgan fingerprint density at radius 3 is 2.55 bits per heavy atom. The summed E-state index contributed by atoms with van der Waals surface area (Å²) in [5, 5.41) is 2.29. The minimum atomic E-state index is -0.144. The molecule has 0 amide bonds. The first-order valence-electron chi connectivity index (χ1n) is 6.87. The van der Waals surface area contributed by atoms with E-state index in [1.807, 2.05) is 32.0 Å². The summed E-state index contributed by atoms with van der Waals surface area (Å²) in [6.07, 6.45) is 0.412. The van der Waals surface area contributed by atoms with Gasteiger partial charge in [0.05, 0.1) is 20.1 Å². The van der Waals surface area contributed by atoms with Crippen molar-refractivity contribution in [2.45, 2.75) is 26.2 Å². The van der Waals surface area contributed by atoms with Crippen molar-refractivity contribution in [2.75, 3.05) is 13.7 Å². The third-order valence-electron chi connectivity index (χ3n) is 3.42. The summed E-state index contributed by atoms with van der Waals surface area (Å²) in [5.74, 6) is 0.861. The minimum absolute atomic E-state index is 0.144. The normalized spacial score (nSPS) is 12.2. The van der Waals surface area contributed by atoms with Gasteiger partial charge < -0.3 is 9.47 Å². The average molecular weight is 272 g/mol. The lowest BCUT2D eigenvalue weighted by Gasteiger charge is -2.12. The van der Waals surface area contributed by atoms with Crippen LogP contribution in [0.25, 0.3) is 10.8 Å². The number of methoxy groups -OCH3 is 1. The first-order chi connectivity index (χ1) is 9.63. The van der Waals surface area contributed by atoms with Gasteiger partial charge >= 0.3 is 5.97 Å². The molecule has 1 atom stereocenters. The van der Waals surface area contributed by atoms with Crippen molar-refractivity contribution in [1.29, 1.82) is 0 Å². The summed E-state index contributed by atoms with van der Waals surface area (Å²) in [4.78, 5) is 11.5. The van der Waals surface area contributed by atoms with E-state index < -0.39 is 0 Å². The van der Waals surface area contributed by atoms with E-state index in [9.17, 15) is 4.79 Å². The van der Waals surface area contributed by atoms with Crippen molar-refractivity contribution in [3.05, 3.63) is 42.0 Å². The van der Waals surface area contributed by atoms with E-state index >= 15 is 0 Å². The molecule has 0 spiro atoms. The molecule has 2 rings (SSSR count). The van der Waals surface area contributed by atoms with Crippen molar-refractivity contribution in [1.82, 2.24) is 0 Å². The Labute approximate surface area is 119 Å². The molecule has 0 heterocycles. The molecule has 0 saturated heterocycles. The fraction of sp³-hybridized carbons (Fsp3) is 0.353. The van der Waals surface area contributed by atoms with Crippen molar-refractivity contribution < 1.29 is 14.3 Å². The zero-order chi connectivity index (χ0) is 14.5. The maximum atomic E-state index is 11.5. The van der Waals surface area contributed by atoms with Gasteiger partial charge in [-0.25, -0.2) is 0 Å². The Kier molecular flexibility index (Phi) is 4.61. The number of benzene rings is 2. The molecular weight excluding hydrogens is 252 g/mol. The number of hydrogen-bond donors (Lipinski definition) is 0. The molecule has 106 valence electrons. The van der Waals surface area contributed by atoms with Gasteiger partial charge in [-0.1, -0.05) is 31.2 Å². The number of ether oxygens (including phenoxy) is 2. The summed E-state index contributed by atoms with van der Waals surface area (Å²) >= 11 is 0. The van der Waals surface area contributed by atoms with E-state index in [1.54, 1.807) is 7.11 Å². The lowest BCUT2D eigenvalue weighted by Crippen LogP contribution is -2.08. The van der Waals surface area contributed by atoms with Crippen LogP contribution in [0.3, 0.4) is 0 Å². The molecule has 0 fully saturated rings. The summed E-state index contributed by atoms with van der Waals surface area (Å²) in [7, 11) is 1.66. The topological polar surface area (TPSA) is 35.5 Å². The minimum Gasteiger partial charge on any atom is -0.497 e. The van der Waals surface area contributed by atoms with Crippen LogP contribution in [0.2, 0.25) is 0 Å². The van der Waals surface area contributed by atoms with Crippen LogP contribution < -0.4 is 4.74 Å². The van der Waals surface area contributed by atoms with Gasteiger partial charge in [0.25, 0.3) is 0 Å². The summed E-state index contributed by atoms with van der Waals surface area (Å²) < 4.78 is 10.2. The Hall–Kier alpha value is -2.03. The largest absolute Gasteiger partial charge is 0.497 e. The van der Waals surface area contributed by atoms with E-state index in [4.69, 9.17) is 9.47 Å². The SMILES string of the molecule is CCOC(=O)C[C@H](C)c1ccc2cc(OC)ccc2c1. The van der Waals surface area contributed by atoms with Gasteiger partial charge in [-0.15, -0.1) is 0 Å². The van der Waals surface area contributed by atoms with Crippen LogP contribution in [0, 0.1) is 0 Å². The van der Waals surface area contributed by atoms with Gasteiger partial charge in [0, 0.05) is 0 Å². The molecule has 0 aliphatic rings. The van der Waals surface area contributed by atoms with Crippen molar-refractivity contribution in [2.24, 2.45) is 0 Å². The monoisotopic (exact) mass is 272 g/mol. The Morgan fingerprint density at radius 1 is 1.15 bits per heavy atom. The standard InChI is InChI=1S/C17H20O3/c1-4-20-17(18)9-12(2)13-5-6-15-11-16(19-3)8-7-14(15)10-13/h5-8,10-12H,4,9H2,1-3H3/t12-/m0/s1. The third-order valence-corrected chi connectivity index (χ3v) is 3.42. The van der Waals surface area contributed by atoms with Gasteiger partial charge in [0.2, 0.25) is 0 Å². The number of carbonyl (C=O) groups is 1.